The molecule has 2 atom stereocenters. The molecule has 2 aromatic heterocycles. The summed E-state index contributed by atoms with van der Waals surface area (Å²) in [6.07, 6.45) is 4.27. The molecule has 4 amide bonds. The fourth-order valence-electron chi connectivity index (χ4n) is 4.82. The summed E-state index contributed by atoms with van der Waals surface area (Å²) in [5.41, 5.74) is 1.91. The van der Waals surface area contributed by atoms with E-state index in [2.05, 4.69) is 25.6 Å². The van der Waals surface area contributed by atoms with E-state index in [0.717, 1.165) is 11.1 Å². The number of amides is 4. The number of hydrogen-bond acceptors (Lipinski definition) is 8. The molecule has 6 rings (SSSR count). The molecular weight excluding hydrogens is 452 g/mol. The topological polar surface area (TPSA) is 136 Å². The van der Waals surface area contributed by atoms with Crippen LogP contribution >= 0.6 is 0 Å². The van der Waals surface area contributed by atoms with Gasteiger partial charge in [-0.05, 0) is 29.8 Å². The average molecular weight is 472 g/mol. The minimum Gasteiger partial charge on any atom is -0.497 e. The first-order chi connectivity index (χ1) is 17.0. The second-order valence-corrected chi connectivity index (χ2v) is 8.64. The van der Waals surface area contributed by atoms with Crippen molar-refractivity contribution < 1.29 is 23.9 Å². The number of benzene rings is 1. The van der Waals surface area contributed by atoms with Gasteiger partial charge in [0.15, 0.2) is 5.54 Å². The molecule has 0 spiro atoms. The fraction of sp³-hybridized carbons (Fsp3) is 0.250. The van der Waals surface area contributed by atoms with E-state index in [1.807, 2.05) is 6.07 Å². The van der Waals surface area contributed by atoms with Gasteiger partial charge in [0, 0.05) is 36.5 Å². The van der Waals surface area contributed by atoms with Crippen LogP contribution in [0.25, 0.3) is 11.3 Å². The normalized spacial score (nSPS) is 22.4. The second kappa shape index (κ2) is 7.76. The smallest absolute Gasteiger partial charge is 0.322 e. The summed E-state index contributed by atoms with van der Waals surface area (Å²) in [4.78, 5) is 52.8. The van der Waals surface area contributed by atoms with Crippen LogP contribution < -0.4 is 20.1 Å². The molecule has 1 saturated heterocycles. The van der Waals surface area contributed by atoms with Gasteiger partial charge in [-0.3, -0.25) is 14.9 Å². The number of fused-ring (bicyclic) bond motifs is 2. The number of imide groups is 1. The predicted molar refractivity (Wildman–Crippen MR) is 121 cm³/mol. The van der Waals surface area contributed by atoms with Crippen LogP contribution in [-0.2, 0) is 17.8 Å². The van der Waals surface area contributed by atoms with Gasteiger partial charge in [0.25, 0.3) is 11.8 Å². The number of nitrogens with one attached hydrogen (secondary N) is 2. The predicted octanol–water partition coefficient (Wildman–Crippen LogP) is 1.08. The van der Waals surface area contributed by atoms with E-state index >= 15 is 0 Å². The monoisotopic (exact) mass is 472 g/mol. The van der Waals surface area contributed by atoms with Crippen LogP contribution in [0.3, 0.4) is 0 Å². The highest BCUT2D eigenvalue weighted by atomic mass is 16.5. The van der Waals surface area contributed by atoms with Crippen LogP contribution in [0.2, 0.25) is 0 Å². The number of ether oxygens (including phenoxy) is 2. The van der Waals surface area contributed by atoms with E-state index < -0.39 is 23.6 Å². The summed E-state index contributed by atoms with van der Waals surface area (Å²) in [6.45, 7) is 0.248. The number of carbonyl (C=O) groups is 3. The van der Waals surface area contributed by atoms with Gasteiger partial charge in [-0.2, -0.15) is 0 Å². The molecule has 0 radical (unpaired) electrons. The second-order valence-electron chi connectivity index (χ2n) is 8.64. The molecule has 0 saturated carbocycles. The molecule has 3 aliphatic heterocycles. The maximum atomic E-state index is 13.2. The van der Waals surface area contributed by atoms with E-state index in [4.69, 9.17) is 9.47 Å². The Kier molecular flexibility index (Phi) is 4.66. The number of urea groups is 1. The maximum Gasteiger partial charge on any atom is 0.322 e. The summed E-state index contributed by atoms with van der Waals surface area (Å²) in [5, 5.41) is 5.06. The van der Waals surface area contributed by atoms with E-state index in [-0.39, 0.29) is 18.9 Å². The highest BCUT2D eigenvalue weighted by Crippen LogP contribution is 2.37. The van der Waals surface area contributed by atoms with Crippen molar-refractivity contribution in [1.82, 2.24) is 30.5 Å². The summed E-state index contributed by atoms with van der Waals surface area (Å²) in [6, 6.07) is 8.22. The summed E-state index contributed by atoms with van der Waals surface area (Å²) in [5.74, 6) is 0.302. The van der Waals surface area contributed by atoms with Gasteiger partial charge in [-0.25, -0.2) is 19.7 Å². The first kappa shape index (κ1) is 21.0. The van der Waals surface area contributed by atoms with Gasteiger partial charge in [0.1, 0.15) is 23.9 Å². The van der Waals surface area contributed by atoms with Crippen molar-refractivity contribution in [3.8, 4) is 22.8 Å². The Hall–Kier alpha value is -4.54. The Morgan fingerprint density at radius 3 is 2.74 bits per heavy atom. The van der Waals surface area contributed by atoms with Gasteiger partial charge < -0.3 is 19.7 Å². The van der Waals surface area contributed by atoms with E-state index in [0.29, 0.717) is 35.0 Å². The maximum absolute atomic E-state index is 13.2. The third kappa shape index (κ3) is 3.35. The quantitative estimate of drug-likeness (QED) is 0.527. The lowest BCUT2D eigenvalue weighted by molar-refractivity contribution is -0.127. The highest BCUT2D eigenvalue weighted by Gasteiger charge is 2.57. The van der Waals surface area contributed by atoms with Gasteiger partial charge in [-0.15, -0.1) is 0 Å². The van der Waals surface area contributed by atoms with E-state index in [9.17, 15) is 14.4 Å². The number of rotatable bonds is 5. The molecule has 3 aliphatic rings. The average Bonchev–Trinajstić information content (AvgIpc) is 3.53. The van der Waals surface area contributed by atoms with Crippen LogP contribution in [0, 0.1) is 0 Å². The van der Waals surface area contributed by atoms with E-state index in [1.54, 1.807) is 41.6 Å². The SMILES string of the molecule is COc1ccc2c(c1)C(=O)N(C[C@@]1(C3Cc4nc(-c5cncnc5)ccc4O3)NC(=O)NC1=O)C2. The Balaban J connectivity index is 1.30. The molecule has 1 fully saturated rings. The third-order valence-electron chi connectivity index (χ3n) is 6.59. The summed E-state index contributed by atoms with van der Waals surface area (Å²) < 4.78 is 11.4. The molecule has 11 heteroatoms. The molecule has 5 heterocycles. The first-order valence-electron chi connectivity index (χ1n) is 11.0. The van der Waals surface area contributed by atoms with Gasteiger partial charge in [0.05, 0.1) is 25.0 Å². The standard InChI is InChI=1S/C24H20N6O5/c1-34-15-3-2-13-10-30(21(31)16(13)6-15)11-24(22(32)28-23(33)29-24)20-7-18-19(35-20)5-4-17(27-18)14-8-25-12-26-9-14/h2-6,8-9,12,20H,7,10-11H2,1H3,(H2,28,29,32,33)/t20?,24-/m0/s1. The molecule has 1 aromatic carbocycles. The van der Waals surface area contributed by atoms with Gasteiger partial charge >= 0.3 is 6.03 Å². The lowest BCUT2D eigenvalue weighted by Gasteiger charge is -2.34. The first-order valence-corrected chi connectivity index (χ1v) is 11.0. The summed E-state index contributed by atoms with van der Waals surface area (Å²) in [7, 11) is 1.53. The van der Waals surface area contributed by atoms with Crippen LogP contribution in [-0.4, -0.2) is 63.0 Å². The molecule has 2 N–H and O–H groups in total. The molecule has 0 aliphatic carbocycles. The molecular formula is C24H20N6O5. The number of carbonyl (C=O) groups excluding carboxylic acids is 3. The molecule has 0 bridgehead atoms. The molecule has 176 valence electrons. The zero-order valence-corrected chi connectivity index (χ0v) is 18.6. The van der Waals surface area contributed by atoms with Crippen molar-refractivity contribution >= 4 is 17.8 Å². The van der Waals surface area contributed by atoms with E-state index in [1.165, 1.54) is 13.4 Å². The lowest BCUT2D eigenvalue weighted by Crippen LogP contribution is -2.64. The van der Waals surface area contributed by atoms with Crippen molar-refractivity contribution in [2.45, 2.75) is 24.6 Å². The van der Waals surface area contributed by atoms with Crippen molar-refractivity contribution in [2.24, 2.45) is 0 Å². The zero-order chi connectivity index (χ0) is 24.2. The zero-order valence-electron chi connectivity index (χ0n) is 18.6. The number of methoxy groups -OCH3 is 1. The number of pyridine rings is 1. The van der Waals surface area contributed by atoms with Crippen molar-refractivity contribution in [1.29, 1.82) is 0 Å². The summed E-state index contributed by atoms with van der Waals surface area (Å²) >= 11 is 0. The molecule has 35 heavy (non-hydrogen) atoms. The Labute approximate surface area is 199 Å². The minimum absolute atomic E-state index is 0.0571. The van der Waals surface area contributed by atoms with Crippen LogP contribution in [0.15, 0.2) is 49.1 Å². The Morgan fingerprint density at radius 2 is 2.00 bits per heavy atom. The fourth-order valence-corrected chi connectivity index (χ4v) is 4.82. The van der Waals surface area contributed by atoms with Gasteiger partial charge in [0.2, 0.25) is 0 Å². The molecule has 1 unspecified atom stereocenters. The highest BCUT2D eigenvalue weighted by molar-refractivity contribution is 6.08. The number of aromatic nitrogens is 3. The Morgan fingerprint density at radius 1 is 1.17 bits per heavy atom. The van der Waals surface area contributed by atoms with Crippen molar-refractivity contribution in [3.05, 3.63) is 65.9 Å². The largest absolute Gasteiger partial charge is 0.497 e. The number of nitrogens with zero attached hydrogens (tertiary/aromatic N) is 4. The lowest BCUT2D eigenvalue weighted by atomic mass is 9.89. The number of hydrogen-bond donors (Lipinski definition) is 2. The Bertz CT molecular complexity index is 1380. The van der Waals surface area contributed by atoms with Crippen LogP contribution in [0.4, 0.5) is 4.79 Å². The molecule has 3 aromatic rings. The van der Waals surface area contributed by atoms with Crippen LogP contribution in [0.1, 0.15) is 21.6 Å². The third-order valence-corrected chi connectivity index (χ3v) is 6.59. The molecule has 11 nitrogen and oxygen atoms in total. The van der Waals surface area contributed by atoms with Gasteiger partial charge in [-0.1, -0.05) is 6.07 Å². The van der Waals surface area contributed by atoms with Crippen molar-refractivity contribution in [3.63, 3.8) is 0 Å². The van der Waals surface area contributed by atoms with Crippen molar-refractivity contribution in [2.75, 3.05) is 13.7 Å². The minimum atomic E-state index is -1.48. The van der Waals surface area contributed by atoms with Crippen LogP contribution in [0.5, 0.6) is 11.5 Å².